The summed E-state index contributed by atoms with van der Waals surface area (Å²) in [5, 5.41) is 7.15. The average molecular weight is 429 g/mol. The van der Waals surface area contributed by atoms with E-state index in [0.717, 1.165) is 49.7 Å². The van der Waals surface area contributed by atoms with E-state index in [1.807, 2.05) is 12.4 Å². The van der Waals surface area contributed by atoms with Crippen LogP contribution in [0.1, 0.15) is 17.2 Å². The molecule has 0 saturated carbocycles. The minimum atomic E-state index is -0.253. The van der Waals surface area contributed by atoms with Gasteiger partial charge in [0, 0.05) is 61.9 Å². The van der Waals surface area contributed by atoms with Crippen molar-refractivity contribution in [3.63, 3.8) is 0 Å². The van der Waals surface area contributed by atoms with Crippen molar-refractivity contribution in [3.05, 3.63) is 96.3 Å². The van der Waals surface area contributed by atoms with Gasteiger partial charge < -0.3 is 4.90 Å². The van der Waals surface area contributed by atoms with Crippen molar-refractivity contribution in [2.75, 3.05) is 31.1 Å². The first-order valence-corrected chi connectivity index (χ1v) is 10.9. The molecule has 3 heterocycles. The lowest BCUT2D eigenvalue weighted by atomic mass is 9.99. The Morgan fingerprint density at radius 2 is 1.66 bits per heavy atom. The third-order valence-corrected chi connectivity index (χ3v) is 6.03. The van der Waals surface area contributed by atoms with Crippen LogP contribution in [-0.4, -0.2) is 51.2 Å². The molecule has 1 aliphatic heterocycles. The fraction of sp³-hybridized carbons (Fsp3) is 0.240. The number of aromatic nitrogens is 4. The molecular formula is C25H25FN6. The van der Waals surface area contributed by atoms with E-state index in [0.29, 0.717) is 0 Å². The van der Waals surface area contributed by atoms with Gasteiger partial charge in [-0.25, -0.2) is 9.37 Å². The number of benzene rings is 2. The minimum Gasteiger partial charge on any atom is -0.352 e. The highest BCUT2D eigenvalue weighted by atomic mass is 19.1. The van der Waals surface area contributed by atoms with Gasteiger partial charge in [0.2, 0.25) is 0 Å². The molecule has 162 valence electrons. The van der Waals surface area contributed by atoms with E-state index in [1.54, 1.807) is 24.5 Å². The SMILES string of the molecule is Fc1ccc(-c2nccnc2N2CCN(C(Cc3ccccc3)c3cn[nH]c3)CC2)cc1. The largest absolute Gasteiger partial charge is 0.352 e. The summed E-state index contributed by atoms with van der Waals surface area (Å²) < 4.78 is 13.4. The smallest absolute Gasteiger partial charge is 0.155 e. The summed E-state index contributed by atoms with van der Waals surface area (Å²) in [4.78, 5) is 14.0. The standard InChI is InChI=1S/C25H25FN6/c26-22-8-6-20(7-9-22)24-25(28-11-10-27-24)32-14-12-31(13-15-32)23(21-17-29-30-18-21)16-19-4-2-1-3-5-19/h1-11,17-18,23H,12-16H2,(H,29,30). The predicted octanol–water partition coefficient (Wildman–Crippen LogP) is 4.11. The number of hydrogen-bond acceptors (Lipinski definition) is 5. The number of anilines is 1. The van der Waals surface area contributed by atoms with Crippen LogP contribution in [0, 0.1) is 5.82 Å². The molecule has 7 heteroatoms. The minimum absolute atomic E-state index is 0.253. The zero-order valence-corrected chi connectivity index (χ0v) is 17.7. The molecule has 0 radical (unpaired) electrons. The molecule has 2 aromatic heterocycles. The van der Waals surface area contributed by atoms with Crippen LogP contribution < -0.4 is 4.90 Å². The summed E-state index contributed by atoms with van der Waals surface area (Å²) in [6.45, 7) is 3.50. The number of nitrogens with one attached hydrogen (secondary N) is 1. The summed E-state index contributed by atoms with van der Waals surface area (Å²) in [6.07, 6.45) is 8.27. The molecule has 6 nitrogen and oxygen atoms in total. The molecule has 1 N–H and O–H groups in total. The highest BCUT2D eigenvalue weighted by Crippen LogP contribution is 2.30. The lowest BCUT2D eigenvalue weighted by Crippen LogP contribution is -2.48. The second kappa shape index (κ2) is 9.28. The lowest BCUT2D eigenvalue weighted by Gasteiger charge is -2.40. The Morgan fingerprint density at radius 3 is 2.38 bits per heavy atom. The maximum atomic E-state index is 13.4. The molecule has 32 heavy (non-hydrogen) atoms. The fourth-order valence-electron chi connectivity index (χ4n) is 4.36. The van der Waals surface area contributed by atoms with Gasteiger partial charge in [-0.15, -0.1) is 0 Å². The Morgan fingerprint density at radius 1 is 0.906 bits per heavy atom. The highest BCUT2D eigenvalue weighted by Gasteiger charge is 2.27. The lowest BCUT2D eigenvalue weighted by molar-refractivity contribution is 0.184. The summed E-state index contributed by atoms with van der Waals surface area (Å²) in [5.74, 6) is 0.596. The molecule has 0 amide bonds. The van der Waals surface area contributed by atoms with Gasteiger partial charge in [-0.3, -0.25) is 15.0 Å². The van der Waals surface area contributed by atoms with Crippen molar-refractivity contribution in [1.29, 1.82) is 0 Å². The average Bonchev–Trinajstić information content (AvgIpc) is 3.39. The molecule has 5 rings (SSSR count). The van der Waals surface area contributed by atoms with Gasteiger partial charge in [0.25, 0.3) is 0 Å². The molecule has 2 aromatic carbocycles. The van der Waals surface area contributed by atoms with Crippen LogP contribution in [0.5, 0.6) is 0 Å². The Bertz CT molecular complexity index is 1120. The quantitative estimate of drug-likeness (QED) is 0.501. The molecule has 1 atom stereocenters. The van der Waals surface area contributed by atoms with Gasteiger partial charge in [0.05, 0.1) is 6.20 Å². The third-order valence-electron chi connectivity index (χ3n) is 6.03. The van der Waals surface area contributed by atoms with Crippen LogP contribution in [-0.2, 0) is 6.42 Å². The fourth-order valence-corrected chi connectivity index (χ4v) is 4.36. The number of halogens is 1. The molecule has 0 aliphatic carbocycles. The second-order valence-corrected chi connectivity index (χ2v) is 8.00. The zero-order chi connectivity index (χ0) is 21.8. The first kappa shape index (κ1) is 20.3. The van der Waals surface area contributed by atoms with E-state index in [1.165, 1.54) is 23.3 Å². The predicted molar refractivity (Wildman–Crippen MR) is 123 cm³/mol. The summed E-state index contributed by atoms with van der Waals surface area (Å²) in [6, 6.07) is 17.3. The van der Waals surface area contributed by atoms with Crippen LogP contribution in [0.25, 0.3) is 11.3 Å². The maximum Gasteiger partial charge on any atom is 0.155 e. The van der Waals surface area contributed by atoms with Crippen LogP contribution >= 0.6 is 0 Å². The first-order chi connectivity index (χ1) is 15.8. The van der Waals surface area contributed by atoms with Crippen molar-refractivity contribution < 1.29 is 4.39 Å². The van der Waals surface area contributed by atoms with E-state index in [9.17, 15) is 4.39 Å². The molecule has 1 saturated heterocycles. The van der Waals surface area contributed by atoms with E-state index >= 15 is 0 Å². The van der Waals surface area contributed by atoms with Gasteiger partial charge in [-0.2, -0.15) is 5.10 Å². The van der Waals surface area contributed by atoms with Crippen LogP contribution in [0.4, 0.5) is 10.2 Å². The van der Waals surface area contributed by atoms with Crippen molar-refractivity contribution in [3.8, 4) is 11.3 Å². The van der Waals surface area contributed by atoms with Crippen molar-refractivity contribution in [2.45, 2.75) is 12.5 Å². The van der Waals surface area contributed by atoms with Crippen molar-refractivity contribution >= 4 is 5.82 Å². The first-order valence-electron chi connectivity index (χ1n) is 10.9. The third kappa shape index (κ3) is 4.38. The number of piperazine rings is 1. The normalized spacial score (nSPS) is 15.6. The molecule has 0 bridgehead atoms. The molecule has 4 aromatic rings. The number of aromatic amines is 1. The Labute approximate surface area is 186 Å². The van der Waals surface area contributed by atoms with Crippen molar-refractivity contribution in [1.82, 2.24) is 25.1 Å². The molecule has 1 fully saturated rings. The van der Waals surface area contributed by atoms with Gasteiger partial charge in [0.15, 0.2) is 5.82 Å². The van der Waals surface area contributed by atoms with Gasteiger partial charge in [-0.1, -0.05) is 30.3 Å². The molecule has 1 unspecified atom stereocenters. The van der Waals surface area contributed by atoms with E-state index in [2.05, 4.69) is 60.3 Å². The summed E-state index contributed by atoms with van der Waals surface area (Å²) in [5.41, 5.74) is 4.18. The van der Waals surface area contributed by atoms with Crippen LogP contribution in [0.3, 0.4) is 0 Å². The number of hydrogen-bond donors (Lipinski definition) is 1. The molecule has 1 aliphatic rings. The van der Waals surface area contributed by atoms with E-state index in [-0.39, 0.29) is 11.9 Å². The highest BCUT2D eigenvalue weighted by molar-refractivity contribution is 5.72. The van der Waals surface area contributed by atoms with Crippen LogP contribution in [0.2, 0.25) is 0 Å². The summed E-state index contributed by atoms with van der Waals surface area (Å²) >= 11 is 0. The van der Waals surface area contributed by atoms with Crippen LogP contribution in [0.15, 0.2) is 79.4 Å². The zero-order valence-electron chi connectivity index (χ0n) is 17.7. The number of H-pyrrole nitrogens is 1. The maximum absolute atomic E-state index is 13.4. The number of rotatable bonds is 6. The molecule has 0 spiro atoms. The topological polar surface area (TPSA) is 60.9 Å². The Hall–Kier alpha value is -3.58. The van der Waals surface area contributed by atoms with Gasteiger partial charge >= 0.3 is 0 Å². The molecular weight excluding hydrogens is 403 g/mol. The second-order valence-electron chi connectivity index (χ2n) is 8.00. The number of nitrogens with zero attached hydrogens (tertiary/aromatic N) is 5. The summed E-state index contributed by atoms with van der Waals surface area (Å²) in [7, 11) is 0. The Kier molecular flexibility index (Phi) is 5.89. The Balaban J connectivity index is 1.34. The van der Waals surface area contributed by atoms with Crippen molar-refractivity contribution in [2.24, 2.45) is 0 Å². The van der Waals surface area contributed by atoms with Gasteiger partial charge in [0.1, 0.15) is 11.5 Å². The monoisotopic (exact) mass is 428 g/mol. The van der Waals surface area contributed by atoms with E-state index < -0.39 is 0 Å². The van der Waals surface area contributed by atoms with E-state index in [4.69, 9.17) is 0 Å². The van der Waals surface area contributed by atoms with Gasteiger partial charge in [-0.05, 0) is 36.2 Å².